The van der Waals surface area contributed by atoms with Crippen LogP contribution in [-0.4, -0.2) is 43.8 Å². The normalized spacial score (nSPS) is 12.7. The molecule has 0 unspecified atom stereocenters. The molecule has 0 saturated heterocycles. The van der Waals surface area contributed by atoms with Gasteiger partial charge >= 0.3 is 0 Å². The molecule has 2 amide bonds. The Balaban J connectivity index is 1.81. The SMILES string of the molecule is CC[C@@H](C)NC(=O)[C@H](Cc1ccccc1)N(Cc1ccc(F)cc1)C(=O)CN(c1ccc(C(C)C)cc1)S(=O)(=O)c1ccc(C)cc1. The summed E-state index contributed by atoms with van der Waals surface area (Å²) >= 11 is 0. The van der Waals surface area contributed by atoms with Crippen LogP contribution in [0.15, 0.2) is 108 Å². The van der Waals surface area contributed by atoms with Gasteiger partial charge < -0.3 is 10.2 Å². The maximum absolute atomic E-state index is 14.6. The number of sulfonamides is 1. The van der Waals surface area contributed by atoms with Crippen molar-refractivity contribution in [3.05, 3.63) is 131 Å². The average Bonchev–Trinajstić information content (AvgIpc) is 3.06. The summed E-state index contributed by atoms with van der Waals surface area (Å²) < 4.78 is 43.4. The van der Waals surface area contributed by atoms with Crippen molar-refractivity contribution >= 4 is 27.5 Å². The van der Waals surface area contributed by atoms with Crippen LogP contribution in [0.1, 0.15) is 62.3 Å². The van der Waals surface area contributed by atoms with Gasteiger partial charge in [-0.15, -0.1) is 0 Å². The van der Waals surface area contributed by atoms with Crippen molar-refractivity contribution in [2.75, 3.05) is 10.8 Å². The number of halogens is 1. The molecule has 0 aliphatic heterocycles. The van der Waals surface area contributed by atoms with Gasteiger partial charge in [0, 0.05) is 19.0 Å². The van der Waals surface area contributed by atoms with Crippen molar-refractivity contribution in [1.82, 2.24) is 10.2 Å². The minimum atomic E-state index is -4.20. The second-order valence-electron chi connectivity index (χ2n) is 12.2. The lowest BCUT2D eigenvalue weighted by molar-refractivity contribution is -0.140. The zero-order valence-electron chi connectivity index (χ0n) is 27.7. The van der Waals surface area contributed by atoms with E-state index in [1.165, 1.54) is 29.2 Å². The standard InChI is InChI=1S/C38H44FN3O4S/c1-6-29(5)40-38(44)36(24-30-10-8-7-9-11-30)41(25-31-14-18-33(39)19-15-31)37(43)26-42(34-20-16-32(17-21-34)27(2)3)47(45,46)35-22-12-28(4)13-23-35/h7-23,27,29,36H,6,24-26H2,1-5H3,(H,40,44)/t29-,36+/m1/s1. The Labute approximate surface area is 278 Å². The smallest absolute Gasteiger partial charge is 0.264 e. The molecule has 0 bridgehead atoms. The van der Waals surface area contributed by atoms with Crippen LogP contribution in [0.3, 0.4) is 0 Å². The number of hydrogen-bond acceptors (Lipinski definition) is 4. The van der Waals surface area contributed by atoms with Crippen molar-refractivity contribution in [1.29, 1.82) is 0 Å². The Bertz CT molecular complexity index is 1730. The summed E-state index contributed by atoms with van der Waals surface area (Å²) in [5, 5.41) is 3.02. The van der Waals surface area contributed by atoms with Gasteiger partial charge in [-0.2, -0.15) is 0 Å². The van der Waals surface area contributed by atoms with Crippen LogP contribution in [0.25, 0.3) is 0 Å². The quantitative estimate of drug-likeness (QED) is 0.158. The zero-order valence-corrected chi connectivity index (χ0v) is 28.5. The maximum Gasteiger partial charge on any atom is 0.264 e. The molecule has 0 spiro atoms. The molecule has 9 heteroatoms. The molecular formula is C38H44FN3O4S. The van der Waals surface area contributed by atoms with Crippen LogP contribution in [0, 0.1) is 12.7 Å². The van der Waals surface area contributed by atoms with Crippen molar-refractivity contribution < 1.29 is 22.4 Å². The third-order valence-corrected chi connectivity index (χ3v) is 10.1. The Hall–Kier alpha value is -4.50. The van der Waals surface area contributed by atoms with Crippen LogP contribution in [0.5, 0.6) is 0 Å². The van der Waals surface area contributed by atoms with E-state index in [0.29, 0.717) is 17.7 Å². The van der Waals surface area contributed by atoms with E-state index < -0.39 is 34.3 Å². The van der Waals surface area contributed by atoms with E-state index in [1.54, 1.807) is 36.4 Å². The van der Waals surface area contributed by atoms with Crippen molar-refractivity contribution in [3.8, 4) is 0 Å². The number of carbonyl (C=O) groups excluding carboxylic acids is 2. The van der Waals surface area contributed by atoms with Crippen LogP contribution in [-0.2, 0) is 32.6 Å². The van der Waals surface area contributed by atoms with Gasteiger partial charge in [0.2, 0.25) is 11.8 Å². The molecule has 1 N–H and O–H groups in total. The molecule has 0 heterocycles. The summed E-state index contributed by atoms with van der Waals surface area (Å²) in [5.41, 5.74) is 3.68. The number of benzene rings is 4. The van der Waals surface area contributed by atoms with E-state index in [-0.39, 0.29) is 35.7 Å². The molecule has 4 aromatic carbocycles. The summed E-state index contributed by atoms with van der Waals surface area (Å²) in [6.07, 6.45) is 0.883. The van der Waals surface area contributed by atoms with Gasteiger partial charge in [-0.3, -0.25) is 13.9 Å². The van der Waals surface area contributed by atoms with Crippen LogP contribution < -0.4 is 9.62 Å². The van der Waals surface area contributed by atoms with Crippen LogP contribution in [0.2, 0.25) is 0 Å². The molecule has 2 atom stereocenters. The predicted molar refractivity (Wildman–Crippen MR) is 185 cm³/mol. The molecule has 0 aliphatic rings. The molecule has 4 aromatic rings. The number of nitrogens with one attached hydrogen (secondary N) is 1. The molecule has 4 rings (SSSR count). The van der Waals surface area contributed by atoms with E-state index in [4.69, 9.17) is 0 Å². The lowest BCUT2D eigenvalue weighted by Gasteiger charge is -2.34. The predicted octanol–water partition coefficient (Wildman–Crippen LogP) is 7.01. The van der Waals surface area contributed by atoms with Gasteiger partial charge in [0.05, 0.1) is 10.6 Å². The fourth-order valence-corrected chi connectivity index (χ4v) is 6.59. The first-order chi connectivity index (χ1) is 22.4. The van der Waals surface area contributed by atoms with E-state index in [9.17, 15) is 22.4 Å². The fraction of sp³-hybridized carbons (Fsp3) is 0.316. The zero-order chi connectivity index (χ0) is 34.1. The molecule has 0 aliphatic carbocycles. The number of rotatable bonds is 14. The summed E-state index contributed by atoms with van der Waals surface area (Å²) in [5.74, 6) is -1.13. The molecule has 47 heavy (non-hydrogen) atoms. The number of aryl methyl sites for hydroxylation is 1. The molecule has 248 valence electrons. The Morgan fingerprint density at radius 2 is 1.43 bits per heavy atom. The van der Waals surface area contributed by atoms with Gasteiger partial charge in [0.1, 0.15) is 18.4 Å². The first-order valence-corrected chi connectivity index (χ1v) is 17.4. The average molecular weight is 658 g/mol. The van der Waals surface area contributed by atoms with Gasteiger partial charge in [0.25, 0.3) is 10.0 Å². The topological polar surface area (TPSA) is 86.8 Å². The number of amides is 2. The van der Waals surface area contributed by atoms with Crippen LogP contribution in [0.4, 0.5) is 10.1 Å². The van der Waals surface area contributed by atoms with Crippen molar-refractivity contribution in [2.45, 2.75) is 76.9 Å². The molecule has 0 fully saturated rings. The molecular weight excluding hydrogens is 614 g/mol. The Morgan fingerprint density at radius 3 is 2.00 bits per heavy atom. The first kappa shape index (κ1) is 35.4. The van der Waals surface area contributed by atoms with E-state index in [0.717, 1.165) is 21.0 Å². The fourth-order valence-electron chi connectivity index (χ4n) is 5.17. The minimum Gasteiger partial charge on any atom is -0.352 e. The van der Waals surface area contributed by atoms with Gasteiger partial charge in [-0.1, -0.05) is 93.1 Å². The second-order valence-corrected chi connectivity index (χ2v) is 14.1. The first-order valence-electron chi connectivity index (χ1n) is 16.0. The highest BCUT2D eigenvalue weighted by atomic mass is 32.2. The van der Waals surface area contributed by atoms with E-state index >= 15 is 0 Å². The highest BCUT2D eigenvalue weighted by molar-refractivity contribution is 7.92. The second kappa shape index (κ2) is 15.9. The lowest BCUT2D eigenvalue weighted by atomic mass is 10.0. The van der Waals surface area contributed by atoms with Gasteiger partial charge in [0.15, 0.2) is 0 Å². The maximum atomic E-state index is 14.6. The highest BCUT2D eigenvalue weighted by Crippen LogP contribution is 2.27. The molecule has 0 aromatic heterocycles. The third kappa shape index (κ3) is 9.29. The van der Waals surface area contributed by atoms with Gasteiger partial charge in [-0.05, 0) is 79.3 Å². The minimum absolute atomic E-state index is 0.0325. The lowest BCUT2D eigenvalue weighted by Crippen LogP contribution is -2.54. The van der Waals surface area contributed by atoms with Crippen molar-refractivity contribution in [2.24, 2.45) is 0 Å². The molecule has 0 saturated carbocycles. The molecule has 7 nitrogen and oxygen atoms in total. The van der Waals surface area contributed by atoms with Gasteiger partial charge in [-0.25, -0.2) is 12.8 Å². The largest absolute Gasteiger partial charge is 0.352 e. The monoisotopic (exact) mass is 657 g/mol. The summed E-state index contributed by atoms with van der Waals surface area (Å²) in [6, 6.07) is 27.6. The number of carbonyl (C=O) groups is 2. The summed E-state index contributed by atoms with van der Waals surface area (Å²) in [4.78, 5) is 29.9. The number of nitrogens with zero attached hydrogens (tertiary/aromatic N) is 2. The Kier molecular flexibility index (Phi) is 11.9. The number of anilines is 1. The third-order valence-electron chi connectivity index (χ3n) is 8.27. The van der Waals surface area contributed by atoms with E-state index in [1.807, 2.05) is 77.1 Å². The number of hydrogen-bond donors (Lipinski definition) is 1. The molecule has 0 radical (unpaired) electrons. The summed E-state index contributed by atoms with van der Waals surface area (Å²) in [6.45, 7) is 9.22. The van der Waals surface area contributed by atoms with Crippen molar-refractivity contribution in [3.63, 3.8) is 0 Å². The highest BCUT2D eigenvalue weighted by Gasteiger charge is 2.35. The van der Waals surface area contributed by atoms with E-state index in [2.05, 4.69) is 5.32 Å². The Morgan fingerprint density at radius 1 is 0.809 bits per heavy atom. The van der Waals surface area contributed by atoms with Crippen LogP contribution >= 0.6 is 0 Å². The summed E-state index contributed by atoms with van der Waals surface area (Å²) in [7, 11) is -4.20.